The van der Waals surface area contributed by atoms with Crippen LogP contribution in [0.25, 0.3) is 0 Å². The second-order valence-corrected chi connectivity index (χ2v) is 19.0. The van der Waals surface area contributed by atoms with E-state index in [1.165, 1.54) is 12.2 Å². The largest absolute Gasteiger partial charge is 0.456 e. The highest BCUT2D eigenvalue weighted by atomic mass is 16.9. The molecule has 316 valence electrons. The summed E-state index contributed by atoms with van der Waals surface area (Å²) in [6, 6.07) is 17.7. The SMILES string of the molecule is C[C@H]1[C@@H]2CC[C@@H]1[C@H](OC(=O)c1ccccc1)/C=C\C=C\C(=O)O[C@H]1[C@@H](C)C[C@@H]3[C@]1(O)[C@H](O)[C@@]1(CO)O[C@H]1[C@H]1[C@H]4O[C@]5(c6ccccc6)O[C@@H]([C@@H](C)[C@@]13O5)[C@@]4(O)[C@](C)(O)C2. The third-order valence-electron chi connectivity index (χ3n) is 16.2. The first-order chi connectivity index (χ1) is 28.1. The number of aliphatic hydroxyl groups excluding tert-OH is 2. The van der Waals surface area contributed by atoms with Crippen molar-refractivity contribution in [3.05, 3.63) is 96.1 Å². The van der Waals surface area contributed by atoms with Crippen molar-refractivity contribution in [1.29, 1.82) is 0 Å². The van der Waals surface area contributed by atoms with E-state index in [-0.39, 0.29) is 30.6 Å². The molecule has 0 radical (unpaired) electrons. The molecular weight excluding hydrogens is 760 g/mol. The topological polar surface area (TPSA) is 194 Å². The minimum Gasteiger partial charge on any atom is -0.456 e. The number of aliphatic hydroxyl groups is 5. The molecule has 13 heteroatoms. The lowest BCUT2D eigenvalue weighted by Crippen LogP contribution is -2.89. The summed E-state index contributed by atoms with van der Waals surface area (Å²) in [5.41, 5.74) is -8.50. The van der Waals surface area contributed by atoms with E-state index in [2.05, 4.69) is 6.92 Å². The Bertz CT molecular complexity index is 2060. The number of epoxide rings is 1. The summed E-state index contributed by atoms with van der Waals surface area (Å²) in [6.45, 7) is 6.66. The molecule has 0 amide bonds. The summed E-state index contributed by atoms with van der Waals surface area (Å²) in [6.07, 6.45) is 0.608. The first kappa shape index (κ1) is 39.6. The molecule has 1 spiro atoms. The molecule has 2 aromatic carbocycles. The Balaban J connectivity index is 1.14. The third kappa shape index (κ3) is 5.17. The Hall–Kier alpha value is -3.50. The highest BCUT2D eigenvalue weighted by molar-refractivity contribution is 5.89. The number of carbonyl (C=O) groups is 2. The van der Waals surface area contributed by atoms with Gasteiger partial charge in [-0.2, -0.15) is 0 Å². The smallest absolute Gasteiger partial charge is 0.338 e. The van der Waals surface area contributed by atoms with E-state index in [1.54, 1.807) is 55.5 Å². The van der Waals surface area contributed by atoms with Crippen LogP contribution in [0.3, 0.4) is 0 Å². The molecule has 0 unspecified atom stereocenters. The summed E-state index contributed by atoms with van der Waals surface area (Å²) < 4.78 is 39.7. The number of ether oxygens (including phenoxy) is 6. The zero-order valence-corrected chi connectivity index (χ0v) is 33.6. The van der Waals surface area contributed by atoms with E-state index in [9.17, 15) is 35.1 Å². The number of benzene rings is 2. The average Bonchev–Trinajstić information content (AvgIpc) is 3.79. The molecule has 0 aromatic heterocycles. The van der Waals surface area contributed by atoms with Crippen LogP contribution in [0.2, 0.25) is 0 Å². The van der Waals surface area contributed by atoms with Gasteiger partial charge in [-0.25, -0.2) is 9.59 Å². The van der Waals surface area contributed by atoms with Crippen LogP contribution in [0.15, 0.2) is 85.0 Å². The molecular formula is C46H54O13. The maximum Gasteiger partial charge on any atom is 0.338 e. The molecule has 4 aliphatic carbocycles. The molecule has 2 aromatic rings. The average molecular weight is 815 g/mol. The minimum absolute atomic E-state index is 0.102. The molecule has 10 aliphatic rings. The lowest BCUT2D eigenvalue weighted by atomic mass is 9.49. The van der Waals surface area contributed by atoms with Gasteiger partial charge in [0.15, 0.2) is 0 Å². The standard InChI is InChI=1S/C46H54O13/c1-24-21-32-43(52)35(24)55-33(48)18-12-11-17-31(54-39(49)27-13-7-5-8-14-27)30-20-19-28(25(30)2)22-41(4,51)45(53)36-26(3)44(32)34(37-42(23-47,56-37)40(43)50)38(45)58-46(57-36,59-44)29-15-9-6-10-16-29/h5-18,24-26,28,30-32,34-38,40,47,50-53H,19-23H2,1-4H3/b17-11-,18-12+/t24-,25-,26+,28+,30-,31+,32+,34-,35-,36-,37-,38+,40+,41+,42-,43+,44-,45-,46-/m0/s1. The molecule has 6 aliphatic heterocycles. The van der Waals surface area contributed by atoms with Crippen LogP contribution in [-0.2, 0) is 39.2 Å². The van der Waals surface area contributed by atoms with Gasteiger partial charge in [0.2, 0.25) is 0 Å². The first-order valence-electron chi connectivity index (χ1n) is 21.2. The van der Waals surface area contributed by atoms with Gasteiger partial charge in [0.25, 0.3) is 0 Å². The summed E-state index contributed by atoms with van der Waals surface area (Å²) in [4.78, 5) is 27.2. The van der Waals surface area contributed by atoms with Crippen molar-refractivity contribution >= 4 is 11.9 Å². The highest BCUT2D eigenvalue weighted by Gasteiger charge is 2.91. The quantitative estimate of drug-likeness (QED) is 0.223. The molecule has 6 heterocycles. The number of hydrogen-bond acceptors (Lipinski definition) is 13. The Morgan fingerprint density at radius 3 is 2.29 bits per heavy atom. The van der Waals surface area contributed by atoms with Crippen LogP contribution in [0.5, 0.6) is 0 Å². The monoisotopic (exact) mass is 814 g/mol. The predicted octanol–water partition coefficient (Wildman–Crippen LogP) is 3.31. The number of carbonyl (C=O) groups excluding carboxylic acids is 2. The van der Waals surface area contributed by atoms with E-state index in [1.807, 2.05) is 38.1 Å². The third-order valence-corrected chi connectivity index (χ3v) is 16.2. The summed E-state index contributed by atoms with van der Waals surface area (Å²) in [5, 5.41) is 63.4. The number of hydrogen-bond donors (Lipinski definition) is 5. The number of allylic oxidation sites excluding steroid dienone is 2. The van der Waals surface area contributed by atoms with E-state index < -0.39 is 113 Å². The van der Waals surface area contributed by atoms with Crippen LogP contribution >= 0.6 is 0 Å². The van der Waals surface area contributed by atoms with Crippen molar-refractivity contribution in [2.24, 2.45) is 41.4 Å². The Morgan fingerprint density at radius 1 is 0.881 bits per heavy atom. The Labute approximate surface area is 342 Å². The second-order valence-electron chi connectivity index (χ2n) is 19.0. The Morgan fingerprint density at radius 2 is 1.58 bits per heavy atom. The van der Waals surface area contributed by atoms with Gasteiger partial charge in [0.1, 0.15) is 53.4 Å². The zero-order chi connectivity index (χ0) is 41.5. The van der Waals surface area contributed by atoms with Crippen molar-refractivity contribution in [3.8, 4) is 0 Å². The van der Waals surface area contributed by atoms with Crippen molar-refractivity contribution in [1.82, 2.24) is 0 Å². The van der Waals surface area contributed by atoms with Crippen molar-refractivity contribution < 1.29 is 63.5 Å². The molecule has 4 saturated carbocycles. The molecule has 5 N–H and O–H groups in total. The van der Waals surface area contributed by atoms with Crippen LogP contribution < -0.4 is 0 Å². The van der Waals surface area contributed by atoms with Crippen molar-refractivity contribution in [2.75, 3.05) is 6.61 Å². The van der Waals surface area contributed by atoms with Gasteiger partial charge in [-0.3, -0.25) is 0 Å². The van der Waals surface area contributed by atoms with Gasteiger partial charge >= 0.3 is 17.9 Å². The fraction of sp³-hybridized carbons (Fsp3) is 0.609. The van der Waals surface area contributed by atoms with Crippen molar-refractivity contribution in [3.63, 3.8) is 0 Å². The second kappa shape index (κ2) is 13.3. The number of fused-ring (bicyclic) bond motifs is 6. The molecule has 12 rings (SSSR count). The normalized spacial score (nSPS) is 52.8. The number of esters is 2. The van der Waals surface area contributed by atoms with Crippen molar-refractivity contribution in [2.45, 2.75) is 124 Å². The fourth-order valence-corrected chi connectivity index (χ4v) is 13.3. The van der Waals surface area contributed by atoms with Gasteiger partial charge in [-0.1, -0.05) is 81.5 Å². The lowest BCUT2D eigenvalue weighted by Gasteiger charge is -2.74. The lowest BCUT2D eigenvalue weighted by molar-refractivity contribution is -0.595. The molecule has 11 bridgehead atoms. The maximum atomic E-state index is 13.7. The van der Waals surface area contributed by atoms with E-state index >= 15 is 0 Å². The van der Waals surface area contributed by atoms with Crippen LogP contribution in [0.4, 0.5) is 0 Å². The summed E-state index contributed by atoms with van der Waals surface area (Å²) in [5.74, 6) is -6.79. The fourth-order valence-electron chi connectivity index (χ4n) is 13.3. The molecule has 4 saturated heterocycles. The molecule has 8 fully saturated rings. The zero-order valence-electron chi connectivity index (χ0n) is 33.6. The van der Waals surface area contributed by atoms with Gasteiger partial charge in [0.05, 0.1) is 23.4 Å². The minimum atomic E-state index is -2.22. The van der Waals surface area contributed by atoms with E-state index in [0.717, 1.165) is 0 Å². The summed E-state index contributed by atoms with van der Waals surface area (Å²) >= 11 is 0. The van der Waals surface area contributed by atoms with Crippen LogP contribution in [0, 0.1) is 41.4 Å². The number of rotatable bonds is 4. The summed E-state index contributed by atoms with van der Waals surface area (Å²) in [7, 11) is 0. The maximum absolute atomic E-state index is 13.7. The van der Waals surface area contributed by atoms with Gasteiger partial charge < -0.3 is 54.0 Å². The van der Waals surface area contributed by atoms with Gasteiger partial charge in [0, 0.05) is 35.3 Å². The first-order valence-corrected chi connectivity index (χ1v) is 21.2. The van der Waals surface area contributed by atoms with E-state index in [0.29, 0.717) is 24.0 Å². The van der Waals surface area contributed by atoms with Gasteiger partial charge in [-0.15, -0.1) is 0 Å². The Kier molecular flexibility index (Phi) is 8.90. The van der Waals surface area contributed by atoms with E-state index in [4.69, 9.17) is 28.4 Å². The predicted molar refractivity (Wildman–Crippen MR) is 207 cm³/mol. The highest BCUT2D eigenvalue weighted by Crippen LogP contribution is 2.75. The van der Waals surface area contributed by atoms with Gasteiger partial charge in [-0.05, 0) is 68.6 Å². The molecule has 13 nitrogen and oxygen atoms in total. The molecule has 59 heavy (non-hydrogen) atoms. The van der Waals surface area contributed by atoms with Crippen LogP contribution in [-0.4, -0.2) is 109 Å². The van der Waals surface area contributed by atoms with Crippen LogP contribution in [0.1, 0.15) is 69.3 Å². The molecule has 19 atom stereocenters.